The van der Waals surface area contributed by atoms with Crippen molar-refractivity contribution >= 4 is 34.7 Å². The van der Waals surface area contributed by atoms with Crippen molar-refractivity contribution in [1.29, 1.82) is 0 Å². The SMILES string of the molecule is CSc1nc(CC(C)C)c(C(N)=O)c(-c2ccc3c(c2)oc(=O)n3Cc2ccc(F)c(F)c2)c1C(N)=O. The van der Waals surface area contributed by atoms with Crippen molar-refractivity contribution in [3.8, 4) is 11.1 Å². The third-order valence-electron chi connectivity index (χ3n) is 5.81. The van der Waals surface area contributed by atoms with Crippen molar-refractivity contribution in [1.82, 2.24) is 9.55 Å². The third kappa shape index (κ3) is 4.99. The molecule has 4 aromatic rings. The number of thioether (sulfide) groups is 1. The lowest BCUT2D eigenvalue weighted by molar-refractivity contribution is 0.0997. The molecule has 0 fully saturated rings. The van der Waals surface area contributed by atoms with E-state index >= 15 is 0 Å². The zero-order valence-electron chi connectivity index (χ0n) is 20.3. The van der Waals surface area contributed by atoms with E-state index in [9.17, 15) is 23.2 Å². The Labute approximate surface area is 214 Å². The Hall–Kier alpha value is -3.99. The van der Waals surface area contributed by atoms with Gasteiger partial charge in [0.2, 0.25) is 0 Å². The first kappa shape index (κ1) is 26.1. The number of benzene rings is 2. The Morgan fingerprint density at radius 2 is 1.76 bits per heavy atom. The molecule has 2 aromatic carbocycles. The molecule has 37 heavy (non-hydrogen) atoms. The molecule has 0 saturated heterocycles. The number of carbonyl (C=O) groups is 2. The second-order valence-corrected chi connectivity index (χ2v) is 9.70. The Kier molecular flexibility index (Phi) is 7.17. The molecule has 8 nitrogen and oxygen atoms in total. The quantitative estimate of drug-likeness (QED) is 0.332. The average Bonchev–Trinajstić information content (AvgIpc) is 3.13. The van der Waals surface area contributed by atoms with Crippen LogP contribution >= 0.6 is 11.8 Å². The molecule has 2 aromatic heterocycles. The summed E-state index contributed by atoms with van der Waals surface area (Å²) < 4.78 is 33.7. The van der Waals surface area contributed by atoms with Gasteiger partial charge in [0.15, 0.2) is 17.2 Å². The average molecular weight is 527 g/mol. The molecule has 0 unspecified atom stereocenters. The number of hydrogen-bond donors (Lipinski definition) is 2. The van der Waals surface area contributed by atoms with Gasteiger partial charge in [-0.3, -0.25) is 14.2 Å². The zero-order valence-corrected chi connectivity index (χ0v) is 21.1. The van der Waals surface area contributed by atoms with Crippen LogP contribution in [0.1, 0.15) is 45.8 Å². The number of aromatic nitrogens is 2. The maximum atomic E-state index is 13.7. The zero-order chi connectivity index (χ0) is 27.0. The summed E-state index contributed by atoms with van der Waals surface area (Å²) >= 11 is 1.21. The fourth-order valence-corrected chi connectivity index (χ4v) is 4.88. The number of halogens is 2. The molecular formula is C26H24F2N4O4S. The van der Waals surface area contributed by atoms with Gasteiger partial charge >= 0.3 is 5.76 Å². The van der Waals surface area contributed by atoms with Gasteiger partial charge in [0.05, 0.1) is 28.9 Å². The van der Waals surface area contributed by atoms with Gasteiger partial charge in [-0.1, -0.05) is 26.0 Å². The van der Waals surface area contributed by atoms with Crippen LogP contribution in [0.25, 0.3) is 22.2 Å². The molecule has 2 amide bonds. The monoisotopic (exact) mass is 526 g/mol. The largest absolute Gasteiger partial charge is 0.420 e. The molecule has 0 radical (unpaired) electrons. The lowest BCUT2D eigenvalue weighted by atomic mass is 9.91. The Bertz CT molecular complexity index is 1610. The molecule has 0 aliphatic rings. The lowest BCUT2D eigenvalue weighted by Gasteiger charge is -2.19. The number of oxazole rings is 1. The maximum absolute atomic E-state index is 13.7. The van der Waals surface area contributed by atoms with Gasteiger partial charge in [0, 0.05) is 5.56 Å². The smallest absolute Gasteiger partial charge is 0.408 e. The number of amides is 2. The highest BCUT2D eigenvalue weighted by Crippen LogP contribution is 2.36. The second-order valence-electron chi connectivity index (χ2n) is 8.90. The molecule has 0 bridgehead atoms. The number of nitrogens with zero attached hydrogens (tertiary/aromatic N) is 2. The third-order valence-corrected chi connectivity index (χ3v) is 6.49. The van der Waals surface area contributed by atoms with Crippen LogP contribution < -0.4 is 17.2 Å². The van der Waals surface area contributed by atoms with Crippen molar-refractivity contribution in [2.24, 2.45) is 17.4 Å². The summed E-state index contributed by atoms with van der Waals surface area (Å²) in [6.45, 7) is 3.86. The van der Waals surface area contributed by atoms with Crippen molar-refractivity contribution < 1.29 is 22.8 Å². The van der Waals surface area contributed by atoms with Gasteiger partial charge in [0.1, 0.15) is 5.03 Å². The van der Waals surface area contributed by atoms with E-state index in [0.717, 1.165) is 12.1 Å². The van der Waals surface area contributed by atoms with E-state index in [1.807, 2.05) is 13.8 Å². The first-order chi connectivity index (χ1) is 17.5. The fraction of sp³-hybridized carbons (Fsp3) is 0.231. The molecular weight excluding hydrogens is 502 g/mol. The summed E-state index contributed by atoms with van der Waals surface area (Å²) in [5.41, 5.74) is 13.5. The highest BCUT2D eigenvalue weighted by atomic mass is 32.2. The molecule has 11 heteroatoms. The summed E-state index contributed by atoms with van der Waals surface area (Å²) in [4.78, 5) is 42.3. The summed E-state index contributed by atoms with van der Waals surface area (Å²) in [5.74, 6) is -4.17. The molecule has 0 atom stereocenters. The number of pyridine rings is 1. The summed E-state index contributed by atoms with van der Waals surface area (Å²) in [7, 11) is 0. The lowest BCUT2D eigenvalue weighted by Crippen LogP contribution is -2.23. The van der Waals surface area contributed by atoms with Crippen molar-refractivity contribution in [2.75, 3.05) is 6.26 Å². The number of rotatable bonds is 8. The van der Waals surface area contributed by atoms with E-state index in [-0.39, 0.29) is 34.7 Å². The molecule has 4 rings (SSSR count). The minimum absolute atomic E-state index is 0.0386. The summed E-state index contributed by atoms with van der Waals surface area (Å²) in [5, 5.41) is 0.348. The molecule has 192 valence electrons. The van der Waals surface area contributed by atoms with Crippen LogP contribution in [-0.4, -0.2) is 27.6 Å². The standard InChI is InChI=1S/C26H24F2N4O4S/c1-12(2)8-17-21(23(29)33)20(22(24(30)34)25(31-17)37-3)14-5-7-18-19(10-14)36-26(35)32(18)11-13-4-6-15(27)16(28)9-13/h4-7,9-10,12H,8,11H2,1-3H3,(H2,29,33)(H2,30,34). The molecule has 4 N–H and O–H groups in total. The maximum Gasteiger partial charge on any atom is 0.420 e. The Morgan fingerprint density at radius 3 is 2.35 bits per heavy atom. The molecule has 2 heterocycles. The van der Waals surface area contributed by atoms with Crippen molar-refractivity contribution in [3.63, 3.8) is 0 Å². The molecule has 0 aliphatic carbocycles. The molecule has 0 spiro atoms. The van der Waals surface area contributed by atoms with Crippen LogP contribution in [0, 0.1) is 17.6 Å². The normalized spacial score (nSPS) is 11.4. The highest BCUT2D eigenvalue weighted by molar-refractivity contribution is 7.98. The number of primary amides is 2. The minimum Gasteiger partial charge on any atom is -0.408 e. The first-order valence-corrected chi connectivity index (χ1v) is 12.5. The van der Waals surface area contributed by atoms with Gasteiger partial charge in [-0.15, -0.1) is 11.8 Å². The predicted octanol–water partition coefficient (Wildman–Crippen LogP) is 4.10. The topological polar surface area (TPSA) is 134 Å². The Morgan fingerprint density at radius 1 is 1.05 bits per heavy atom. The van der Waals surface area contributed by atoms with E-state index in [0.29, 0.717) is 33.8 Å². The van der Waals surface area contributed by atoms with Crippen LogP contribution in [0.4, 0.5) is 8.78 Å². The first-order valence-electron chi connectivity index (χ1n) is 11.3. The van der Waals surface area contributed by atoms with Crippen LogP contribution in [0.3, 0.4) is 0 Å². The predicted molar refractivity (Wildman–Crippen MR) is 137 cm³/mol. The van der Waals surface area contributed by atoms with E-state index in [4.69, 9.17) is 15.9 Å². The van der Waals surface area contributed by atoms with Gasteiger partial charge in [-0.25, -0.2) is 18.6 Å². The Balaban J connectivity index is 1.94. The van der Waals surface area contributed by atoms with Gasteiger partial charge in [-0.2, -0.15) is 0 Å². The van der Waals surface area contributed by atoms with Gasteiger partial charge in [0.25, 0.3) is 11.8 Å². The summed E-state index contributed by atoms with van der Waals surface area (Å²) in [6.07, 6.45) is 2.17. The van der Waals surface area contributed by atoms with E-state index in [1.165, 1.54) is 28.5 Å². The number of fused-ring (bicyclic) bond motifs is 1. The van der Waals surface area contributed by atoms with E-state index in [2.05, 4.69) is 4.98 Å². The fourth-order valence-electron chi connectivity index (χ4n) is 4.27. The van der Waals surface area contributed by atoms with Crippen LogP contribution in [0.5, 0.6) is 0 Å². The van der Waals surface area contributed by atoms with E-state index < -0.39 is 29.2 Å². The highest BCUT2D eigenvalue weighted by Gasteiger charge is 2.27. The molecule has 0 saturated carbocycles. The molecule has 0 aliphatic heterocycles. The summed E-state index contributed by atoms with van der Waals surface area (Å²) in [6, 6.07) is 8.05. The minimum atomic E-state index is -1.03. The number of carbonyl (C=O) groups excluding carboxylic acids is 2. The van der Waals surface area contributed by atoms with Crippen LogP contribution in [0.2, 0.25) is 0 Å². The van der Waals surface area contributed by atoms with Gasteiger partial charge < -0.3 is 15.9 Å². The second kappa shape index (κ2) is 10.2. The van der Waals surface area contributed by atoms with Crippen LogP contribution in [0.15, 0.2) is 50.6 Å². The number of hydrogen-bond acceptors (Lipinski definition) is 6. The number of nitrogens with two attached hydrogens (primary N) is 2. The van der Waals surface area contributed by atoms with Crippen LogP contribution in [-0.2, 0) is 13.0 Å². The van der Waals surface area contributed by atoms with Crippen molar-refractivity contribution in [3.05, 3.63) is 81.0 Å². The van der Waals surface area contributed by atoms with E-state index in [1.54, 1.807) is 18.4 Å². The van der Waals surface area contributed by atoms with Crippen molar-refractivity contribution in [2.45, 2.75) is 31.8 Å². The van der Waals surface area contributed by atoms with Gasteiger partial charge in [-0.05, 0) is 54.0 Å².